The van der Waals surface area contributed by atoms with Crippen molar-refractivity contribution in [3.63, 3.8) is 0 Å². The summed E-state index contributed by atoms with van der Waals surface area (Å²) in [5.41, 5.74) is -1.25. The molecule has 2 fully saturated rings. The van der Waals surface area contributed by atoms with Gasteiger partial charge in [0.1, 0.15) is 5.78 Å². The molecule has 1 aromatic carbocycles. The summed E-state index contributed by atoms with van der Waals surface area (Å²) in [6.45, 7) is 3.94. The van der Waals surface area contributed by atoms with Gasteiger partial charge in [-0.2, -0.15) is 0 Å². The van der Waals surface area contributed by atoms with Gasteiger partial charge in [-0.05, 0) is 30.2 Å². The molecule has 1 aromatic rings. The number of benzene rings is 1. The molecule has 130 valence electrons. The SMILES string of the molecule is CC1(C)C2CCC1(CS(=O)(=O)Nc1cccc([N+](=O)[O-])c1)C(=O)C2. The number of nitro benzene ring substituents is 1. The van der Waals surface area contributed by atoms with Crippen molar-refractivity contribution in [2.45, 2.75) is 33.1 Å². The lowest BCUT2D eigenvalue weighted by molar-refractivity contribution is -0.384. The van der Waals surface area contributed by atoms with Crippen molar-refractivity contribution in [2.24, 2.45) is 16.7 Å². The Labute approximate surface area is 140 Å². The molecule has 7 nitrogen and oxygen atoms in total. The van der Waals surface area contributed by atoms with Crippen molar-refractivity contribution in [2.75, 3.05) is 10.5 Å². The molecule has 2 unspecified atom stereocenters. The Morgan fingerprint density at radius 2 is 2.08 bits per heavy atom. The second-order valence-electron chi connectivity index (χ2n) is 7.34. The highest BCUT2D eigenvalue weighted by Gasteiger charge is 2.65. The third-order valence-corrected chi connectivity index (χ3v) is 7.33. The lowest BCUT2D eigenvalue weighted by atomic mass is 9.70. The second-order valence-corrected chi connectivity index (χ2v) is 9.06. The fraction of sp³-hybridized carbons (Fsp3) is 0.562. The molecule has 0 amide bonds. The number of fused-ring (bicyclic) bond motifs is 2. The van der Waals surface area contributed by atoms with Crippen molar-refractivity contribution in [1.82, 2.24) is 0 Å². The summed E-state index contributed by atoms with van der Waals surface area (Å²) in [7, 11) is -3.80. The smallest absolute Gasteiger partial charge is 0.271 e. The maximum absolute atomic E-state index is 12.6. The minimum absolute atomic E-state index is 0.0215. The first-order chi connectivity index (χ1) is 11.1. The number of sulfonamides is 1. The van der Waals surface area contributed by atoms with Crippen LogP contribution in [-0.4, -0.2) is 24.9 Å². The van der Waals surface area contributed by atoms with Crippen molar-refractivity contribution < 1.29 is 18.1 Å². The number of Topliss-reactive ketones (excluding diaryl/α,β-unsaturated/α-hetero) is 1. The normalized spacial score (nSPS) is 28.1. The van der Waals surface area contributed by atoms with E-state index in [1.165, 1.54) is 24.3 Å². The van der Waals surface area contributed by atoms with E-state index in [2.05, 4.69) is 4.72 Å². The van der Waals surface area contributed by atoms with Gasteiger partial charge in [-0.1, -0.05) is 19.9 Å². The number of hydrogen-bond donors (Lipinski definition) is 1. The fourth-order valence-electron chi connectivity index (χ4n) is 4.33. The number of hydrogen-bond acceptors (Lipinski definition) is 5. The van der Waals surface area contributed by atoms with Crippen LogP contribution in [0, 0.1) is 26.9 Å². The van der Waals surface area contributed by atoms with Gasteiger partial charge in [-0.15, -0.1) is 0 Å². The molecular weight excluding hydrogens is 332 g/mol. The van der Waals surface area contributed by atoms with Crippen molar-refractivity contribution >= 4 is 27.2 Å². The molecule has 2 saturated carbocycles. The summed E-state index contributed by atoms with van der Waals surface area (Å²) in [6.07, 6.45) is 1.89. The molecule has 2 bridgehead atoms. The van der Waals surface area contributed by atoms with Gasteiger partial charge in [0.05, 0.1) is 21.8 Å². The first kappa shape index (κ1) is 16.9. The van der Waals surface area contributed by atoms with Crippen molar-refractivity contribution in [3.05, 3.63) is 34.4 Å². The van der Waals surface area contributed by atoms with Crippen LogP contribution in [0.2, 0.25) is 0 Å². The van der Waals surface area contributed by atoms with Gasteiger partial charge >= 0.3 is 0 Å². The van der Waals surface area contributed by atoms with E-state index in [0.717, 1.165) is 6.42 Å². The van der Waals surface area contributed by atoms with Crippen LogP contribution in [0.5, 0.6) is 0 Å². The quantitative estimate of drug-likeness (QED) is 0.648. The molecule has 2 atom stereocenters. The molecule has 0 aromatic heterocycles. The molecule has 0 aliphatic heterocycles. The van der Waals surface area contributed by atoms with Crippen LogP contribution < -0.4 is 4.72 Å². The molecule has 24 heavy (non-hydrogen) atoms. The molecule has 1 N–H and O–H groups in total. The topological polar surface area (TPSA) is 106 Å². The van der Waals surface area contributed by atoms with Gasteiger partial charge in [0.25, 0.3) is 5.69 Å². The van der Waals surface area contributed by atoms with E-state index >= 15 is 0 Å². The standard InChI is InChI=1S/C16H20N2O5S/c1-15(2)11-6-7-16(15,14(19)8-11)10-24(22,23)17-12-4-3-5-13(9-12)18(20)21/h3-5,9,11,17H,6-8,10H2,1-2H3. The highest BCUT2D eigenvalue weighted by molar-refractivity contribution is 7.92. The van der Waals surface area contributed by atoms with Gasteiger partial charge in [0.15, 0.2) is 0 Å². The average Bonchev–Trinajstić information content (AvgIpc) is 2.80. The van der Waals surface area contributed by atoms with Gasteiger partial charge in [-0.25, -0.2) is 8.42 Å². The van der Waals surface area contributed by atoms with E-state index in [0.29, 0.717) is 12.8 Å². The van der Waals surface area contributed by atoms with E-state index in [1.54, 1.807) is 0 Å². The summed E-state index contributed by atoms with van der Waals surface area (Å²) in [6, 6.07) is 5.35. The van der Waals surface area contributed by atoms with Gasteiger partial charge in [0, 0.05) is 18.6 Å². The highest BCUT2D eigenvalue weighted by atomic mass is 32.2. The van der Waals surface area contributed by atoms with Crippen LogP contribution in [0.15, 0.2) is 24.3 Å². The maximum Gasteiger partial charge on any atom is 0.271 e. The number of non-ortho nitro benzene ring substituents is 1. The Morgan fingerprint density at radius 1 is 1.38 bits per heavy atom. The summed E-state index contributed by atoms with van der Waals surface area (Å²) in [4.78, 5) is 22.7. The van der Waals surface area contributed by atoms with Crippen molar-refractivity contribution in [1.29, 1.82) is 0 Å². The summed E-state index contributed by atoms with van der Waals surface area (Å²) in [5, 5.41) is 10.8. The Hall–Kier alpha value is -1.96. The molecule has 0 radical (unpaired) electrons. The number of carbonyl (C=O) groups excluding carboxylic acids is 1. The maximum atomic E-state index is 12.6. The monoisotopic (exact) mass is 352 g/mol. The largest absolute Gasteiger partial charge is 0.299 e. The predicted molar refractivity (Wildman–Crippen MR) is 89.1 cm³/mol. The molecular formula is C16H20N2O5S. The van der Waals surface area contributed by atoms with Crippen LogP contribution in [0.1, 0.15) is 33.1 Å². The van der Waals surface area contributed by atoms with Gasteiger partial charge in [0.2, 0.25) is 10.0 Å². The van der Waals surface area contributed by atoms with E-state index < -0.39 is 20.4 Å². The molecule has 3 rings (SSSR count). The Balaban J connectivity index is 1.86. The number of ketones is 1. The molecule has 2 aliphatic rings. The van der Waals surface area contributed by atoms with Crippen LogP contribution in [0.3, 0.4) is 0 Å². The van der Waals surface area contributed by atoms with Gasteiger partial charge in [-0.3, -0.25) is 19.6 Å². The number of rotatable bonds is 5. The van der Waals surface area contributed by atoms with Crippen LogP contribution in [0.25, 0.3) is 0 Å². The fourth-order valence-corrected chi connectivity index (χ4v) is 6.22. The van der Waals surface area contributed by atoms with Crippen LogP contribution >= 0.6 is 0 Å². The molecule has 2 aliphatic carbocycles. The average molecular weight is 352 g/mol. The van der Waals surface area contributed by atoms with Gasteiger partial charge < -0.3 is 0 Å². The third-order valence-electron chi connectivity index (χ3n) is 5.91. The zero-order chi connectivity index (χ0) is 17.8. The highest BCUT2D eigenvalue weighted by Crippen LogP contribution is 2.64. The van der Waals surface area contributed by atoms with E-state index in [4.69, 9.17) is 0 Å². The lowest BCUT2D eigenvalue weighted by Crippen LogP contribution is -2.43. The first-order valence-electron chi connectivity index (χ1n) is 7.86. The minimum atomic E-state index is -3.80. The second kappa shape index (κ2) is 5.27. The number of nitrogens with one attached hydrogen (secondary N) is 1. The van der Waals surface area contributed by atoms with E-state index in [9.17, 15) is 23.3 Å². The molecule has 8 heteroatoms. The Kier molecular flexibility index (Phi) is 3.71. The predicted octanol–water partition coefficient (Wildman–Crippen LogP) is 2.73. The first-order valence-corrected chi connectivity index (χ1v) is 9.51. The molecule has 0 spiro atoms. The Bertz CT molecular complexity index is 818. The molecule has 0 heterocycles. The Morgan fingerprint density at radius 3 is 2.62 bits per heavy atom. The van der Waals surface area contributed by atoms with E-state index in [1.807, 2.05) is 13.8 Å². The summed E-state index contributed by atoms with van der Waals surface area (Å²) in [5.74, 6) is -0.0171. The van der Waals surface area contributed by atoms with Crippen LogP contribution in [0.4, 0.5) is 11.4 Å². The van der Waals surface area contributed by atoms with E-state index in [-0.39, 0.29) is 34.2 Å². The number of nitrogens with zero attached hydrogens (tertiary/aromatic N) is 1. The van der Waals surface area contributed by atoms with Crippen molar-refractivity contribution in [3.8, 4) is 0 Å². The minimum Gasteiger partial charge on any atom is -0.299 e. The summed E-state index contributed by atoms with van der Waals surface area (Å²) < 4.78 is 27.6. The summed E-state index contributed by atoms with van der Waals surface area (Å²) >= 11 is 0. The number of anilines is 1. The lowest BCUT2D eigenvalue weighted by Gasteiger charge is -2.36. The zero-order valence-corrected chi connectivity index (χ0v) is 14.4. The zero-order valence-electron chi connectivity index (χ0n) is 13.6. The number of nitro groups is 1. The third kappa shape index (κ3) is 2.49. The molecule has 0 saturated heterocycles. The van der Waals surface area contributed by atoms with Crippen LogP contribution in [-0.2, 0) is 14.8 Å². The number of carbonyl (C=O) groups is 1.